The molecule has 0 fully saturated rings. The van der Waals surface area contributed by atoms with Crippen molar-refractivity contribution >= 4 is 22.6 Å². The van der Waals surface area contributed by atoms with E-state index in [2.05, 4.69) is 5.32 Å². The molecule has 0 heterocycles. The summed E-state index contributed by atoms with van der Waals surface area (Å²) in [6.45, 7) is 2.06. The van der Waals surface area contributed by atoms with Crippen LogP contribution in [0, 0.1) is 0 Å². The number of carbonyl (C=O) groups excluding carboxylic acids is 1. The zero-order chi connectivity index (χ0) is 15.9. The third-order valence-corrected chi connectivity index (χ3v) is 3.32. The number of amides is 1. The number of aliphatic carboxylic acids is 1. The normalized spacial score (nSPS) is 12.0. The molecule has 1 amide bonds. The van der Waals surface area contributed by atoms with E-state index >= 15 is 0 Å². The fraction of sp³-hybridized carbons (Fsp3) is 0.294. The van der Waals surface area contributed by atoms with E-state index in [0.717, 1.165) is 16.3 Å². The maximum absolute atomic E-state index is 11.6. The van der Waals surface area contributed by atoms with Crippen LogP contribution in [0.4, 0.5) is 0 Å². The van der Waals surface area contributed by atoms with Gasteiger partial charge in [0.2, 0.25) is 5.91 Å². The largest absolute Gasteiger partial charge is 0.480 e. The molecule has 2 aromatic carbocycles. The highest BCUT2D eigenvalue weighted by Crippen LogP contribution is 2.16. The van der Waals surface area contributed by atoms with Gasteiger partial charge in [0.15, 0.2) is 0 Å². The number of benzene rings is 2. The standard InChI is InChI=1S/C17H19NO4/c1-2-22-11-16(19)18-15(17(20)21)10-12-7-8-13-5-3-4-6-14(13)9-12/h3-9,15H,2,10-11H2,1H3,(H,18,19)(H,20,21)/t15-/m0/s1. The van der Waals surface area contributed by atoms with Crippen LogP contribution in [0.1, 0.15) is 12.5 Å². The van der Waals surface area contributed by atoms with Gasteiger partial charge in [0.05, 0.1) is 0 Å². The molecule has 1 atom stereocenters. The lowest BCUT2D eigenvalue weighted by Crippen LogP contribution is -2.43. The minimum absolute atomic E-state index is 0.127. The number of fused-ring (bicyclic) bond motifs is 1. The van der Waals surface area contributed by atoms with E-state index in [-0.39, 0.29) is 13.0 Å². The first-order chi connectivity index (χ1) is 10.6. The maximum atomic E-state index is 11.6. The van der Waals surface area contributed by atoms with Crippen LogP contribution in [0.15, 0.2) is 42.5 Å². The summed E-state index contributed by atoms with van der Waals surface area (Å²) in [5.41, 5.74) is 0.864. The van der Waals surface area contributed by atoms with E-state index in [9.17, 15) is 14.7 Å². The van der Waals surface area contributed by atoms with Crippen molar-refractivity contribution in [3.05, 3.63) is 48.0 Å². The second kappa shape index (κ2) is 7.56. The Labute approximate surface area is 128 Å². The van der Waals surface area contributed by atoms with Crippen LogP contribution in [0.2, 0.25) is 0 Å². The van der Waals surface area contributed by atoms with Crippen LogP contribution >= 0.6 is 0 Å². The van der Waals surface area contributed by atoms with Gasteiger partial charge in [-0.05, 0) is 23.3 Å². The number of hydrogen-bond donors (Lipinski definition) is 2. The van der Waals surface area contributed by atoms with Gasteiger partial charge in [0.25, 0.3) is 0 Å². The Morgan fingerprint density at radius 1 is 1.18 bits per heavy atom. The Morgan fingerprint density at radius 3 is 2.59 bits per heavy atom. The molecule has 0 radical (unpaired) electrons. The second-order valence-electron chi connectivity index (χ2n) is 4.98. The Morgan fingerprint density at radius 2 is 1.91 bits per heavy atom. The quantitative estimate of drug-likeness (QED) is 0.820. The zero-order valence-corrected chi connectivity index (χ0v) is 12.4. The summed E-state index contributed by atoms with van der Waals surface area (Å²) < 4.78 is 4.98. The molecule has 0 aromatic heterocycles. The smallest absolute Gasteiger partial charge is 0.326 e. The molecule has 0 saturated carbocycles. The highest BCUT2D eigenvalue weighted by molar-refractivity contribution is 5.85. The van der Waals surface area contributed by atoms with Crippen LogP contribution in [0.25, 0.3) is 10.8 Å². The van der Waals surface area contributed by atoms with Gasteiger partial charge in [0, 0.05) is 13.0 Å². The average Bonchev–Trinajstić information content (AvgIpc) is 2.52. The summed E-state index contributed by atoms with van der Waals surface area (Å²) in [4.78, 5) is 22.9. The molecule has 2 N–H and O–H groups in total. The van der Waals surface area contributed by atoms with Crippen LogP contribution in [-0.2, 0) is 20.7 Å². The van der Waals surface area contributed by atoms with E-state index in [0.29, 0.717) is 6.61 Å². The van der Waals surface area contributed by atoms with E-state index in [1.807, 2.05) is 42.5 Å². The molecule has 116 valence electrons. The predicted molar refractivity (Wildman–Crippen MR) is 83.7 cm³/mol. The van der Waals surface area contributed by atoms with Gasteiger partial charge in [0.1, 0.15) is 12.6 Å². The SMILES string of the molecule is CCOCC(=O)N[C@@H](Cc1ccc2ccccc2c1)C(=O)O. The van der Waals surface area contributed by atoms with Crippen molar-refractivity contribution in [2.24, 2.45) is 0 Å². The van der Waals surface area contributed by atoms with Crippen molar-refractivity contribution in [2.75, 3.05) is 13.2 Å². The first kappa shape index (κ1) is 16.0. The number of hydrogen-bond acceptors (Lipinski definition) is 3. The summed E-state index contributed by atoms with van der Waals surface area (Å²) in [7, 11) is 0. The molecule has 0 bridgehead atoms. The maximum Gasteiger partial charge on any atom is 0.326 e. The van der Waals surface area contributed by atoms with Gasteiger partial charge in [-0.1, -0.05) is 42.5 Å². The van der Waals surface area contributed by atoms with Crippen molar-refractivity contribution in [3.8, 4) is 0 Å². The lowest BCUT2D eigenvalue weighted by molar-refractivity contribution is -0.142. The summed E-state index contributed by atoms with van der Waals surface area (Å²) >= 11 is 0. The fourth-order valence-electron chi connectivity index (χ4n) is 2.23. The number of carbonyl (C=O) groups is 2. The van der Waals surface area contributed by atoms with E-state index in [1.165, 1.54) is 0 Å². The van der Waals surface area contributed by atoms with Gasteiger partial charge in [-0.25, -0.2) is 4.79 Å². The molecule has 0 unspecified atom stereocenters. The molecule has 0 aliphatic carbocycles. The monoisotopic (exact) mass is 301 g/mol. The second-order valence-corrected chi connectivity index (χ2v) is 4.98. The Hall–Kier alpha value is -2.40. The van der Waals surface area contributed by atoms with E-state index < -0.39 is 17.9 Å². The molecule has 0 aliphatic rings. The Kier molecular flexibility index (Phi) is 5.49. The van der Waals surface area contributed by atoms with Gasteiger partial charge in [-0.2, -0.15) is 0 Å². The van der Waals surface area contributed by atoms with Gasteiger partial charge >= 0.3 is 5.97 Å². The number of rotatable bonds is 7. The van der Waals surface area contributed by atoms with E-state index in [4.69, 9.17) is 4.74 Å². The number of carboxylic acids is 1. The van der Waals surface area contributed by atoms with Crippen LogP contribution in [0.3, 0.4) is 0 Å². The van der Waals surface area contributed by atoms with Gasteiger partial charge < -0.3 is 15.2 Å². The van der Waals surface area contributed by atoms with Gasteiger partial charge in [-0.3, -0.25) is 4.79 Å². The first-order valence-corrected chi connectivity index (χ1v) is 7.17. The molecule has 5 nitrogen and oxygen atoms in total. The molecule has 0 aliphatic heterocycles. The Balaban J connectivity index is 2.08. The van der Waals surface area contributed by atoms with Crippen molar-refractivity contribution in [1.82, 2.24) is 5.32 Å². The molecule has 0 saturated heterocycles. The number of ether oxygens (including phenoxy) is 1. The van der Waals surface area contributed by atoms with Crippen LogP contribution in [0.5, 0.6) is 0 Å². The van der Waals surface area contributed by atoms with Crippen LogP contribution in [-0.4, -0.2) is 36.2 Å². The molecule has 2 rings (SSSR count). The molecule has 5 heteroatoms. The molecule has 0 spiro atoms. The van der Waals surface area contributed by atoms with Crippen LogP contribution < -0.4 is 5.32 Å². The third-order valence-electron chi connectivity index (χ3n) is 3.32. The highest BCUT2D eigenvalue weighted by atomic mass is 16.5. The van der Waals surface area contributed by atoms with Crippen molar-refractivity contribution < 1.29 is 19.4 Å². The van der Waals surface area contributed by atoms with E-state index in [1.54, 1.807) is 6.92 Å². The lowest BCUT2D eigenvalue weighted by atomic mass is 10.0. The number of carboxylic acid groups (broad SMARTS) is 1. The van der Waals surface area contributed by atoms with Gasteiger partial charge in [-0.15, -0.1) is 0 Å². The molecule has 2 aromatic rings. The summed E-state index contributed by atoms with van der Waals surface area (Å²) in [6, 6.07) is 12.7. The third kappa shape index (κ3) is 4.30. The first-order valence-electron chi connectivity index (χ1n) is 7.17. The fourth-order valence-corrected chi connectivity index (χ4v) is 2.23. The highest BCUT2D eigenvalue weighted by Gasteiger charge is 2.20. The van der Waals surface area contributed by atoms with Crippen molar-refractivity contribution in [2.45, 2.75) is 19.4 Å². The lowest BCUT2D eigenvalue weighted by Gasteiger charge is -2.15. The molecular weight excluding hydrogens is 282 g/mol. The molecule has 22 heavy (non-hydrogen) atoms. The predicted octanol–water partition coefficient (Wildman–Crippen LogP) is 1.99. The summed E-state index contributed by atoms with van der Waals surface area (Å²) in [5, 5.41) is 13.9. The topological polar surface area (TPSA) is 75.6 Å². The summed E-state index contributed by atoms with van der Waals surface area (Å²) in [5.74, 6) is -1.48. The molecular formula is C17H19NO4. The van der Waals surface area contributed by atoms with Crippen molar-refractivity contribution in [1.29, 1.82) is 0 Å². The minimum atomic E-state index is -1.06. The van der Waals surface area contributed by atoms with Crippen molar-refractivity contribution in [3.63, 3.8) is 0 Å². The average molecular weight is 301 g/mol. The zero-order valence-electron chi connectivity index (χ0n) is 12.4. The summed E-state index contributed by atoms with van der Waals surface area (Å²) in [6.07, 6.45) is 0.234. The Bertz CT molecular complexity index is 669. The number of nitrogens with one attached hydrogen (secondary N) is 1. The minimum Gasteiger partial charge on any atom is -0.480 e.